The molecule has 1 aromatic heterocycles. The molecule has 1 heterocycles. The molecule has 0 aliphatic carbocycles. The van der Waals surface area contributed by atoms with Crippen molar-refractivity contribution in [3.05, 3.63) is 83.2 Å². The lowest BCUT2D eigenvalue weighted by molar-refractivity contribution is 0.102. The highest BCUT2D eigenvalue weighted by atomic mass is 35.5. The summed E-state index contributed by atoms with van der Waals surface area (Å²) in [5, 5.41) is 3.03. The first-order valence-corrected chi connectivity index (χ1v) is 7.74. The molecule has 5 nitrogen and oxygen atoms in total. The molecule has 0 radical (unpaired) electrons. The third kappa shape index (κ3) is 4.51. The lowest BCUT2D eigenvalue weighted by atomic mass is 10.2. The van der Waals surface area contributed by atoms with Gasteiger partial charge in [0.2, 0.25) is 0 Å². The van der Waals surface area contributed by atoms with Crippen LogP contribution in [0.4, 0.5) is 10.1 Å². The molecule has 2 aromatic carbocycles. The van der Waals surface area contributed by atoms with Crippen LogP contribution < -0.4 is 10.1 Å². The van der Waals surface area contributed by atoms with Gasteiger partial charge in [-0.25, -0.2) is 9.37 Å². The van der Waals surface area contributed by atoms with Gasteiger partial charge in [-0.2, -0.15) is 0 Å². The van der Waals surface area contributed by atoms with Crippen LogP contribution in [-0.4, -0.2) is 15.9 Å². The van der Waals surface area contributed by atoms with Gasteiger partial charge in [-0.05, 0) is 35.9 Å². The fourth-order valence-corrected chi connectivity index (χ4v) is 2.28. The summed E-state index contributed by atoms with van der Waals surface area (Å²) in [6, 6.07) is 10.9. The third-order valence-corrected chi connectivity index (χ3v) is 3.59. The predicted molar refractivity (Wildman–Crippen MR) is 92.2 cm³/mol. The Bertz CT molecular complexity index is 873. The number of carbonyl (C=O) groups is 1. The van der Waals surface area contributed by atoms with E-state index in [4.69, 9.17) is 16.3 Å². The number of rotatable bonds is 5. The second-order valence-electron chi connectivity index (χ2n) is 5.11. The first kappa shape index (κ1) is 16.9. The van der Waals surface area contributed by atoms with Gasteiger partial charge >= 0.3 is 0 Å². The molecule has 126 valence electrons. The van der Waals surface area contributed by atoms with Crippen LogP contribution in [0.15, 0.2) is 61.1 Å². The normalized spacial score (nSPS) is 10.3. The molecule has 0 saturated carbocycles. The number of halogens is 2. The summed E-state index contributed by atoms with van der Waals surface area (Å²) in [5.74, 6) is -0.224. The molecule has 0 spiro atoms. The van der Waals surface area contributed by atoms with Crippen LogP contribution in [-0.2, 0) is 6.61 Å². The number of ether oxygens (including phenoxy) is 1. The number of hydrogen-bond donors (Lipinski definition) is 1. The molecule has 0 unspecified atom stereocenters. The number of aromatic nitrogens is 2. The van der Waals surface area contributed by atoms with E-state index in [1.807, 2.05) is 0 Å². The van der Waals surface area contributed by atoms with Crippen molar-refractivity contribution < 1.29 is 13.9 Å². The van der Waals surface area contributed by atoms with E-state index in [1.54, 1.807) is 30.3 Å². The van der Waals surface area contributed by atoms with Gasteiger partial charge < -0.3 is 10.1 Å². The monoisotopic (exact) mass is 357 g/mol. The van der Waals surface area contributed by atoms with Crippen LogP contribution in [0.25, 0.3) is 0 Å². The van der Waals surface area contributed by atoms with E-state index in [0.29, 0.717) is 16.5 Å². The summed E-state index contributed by atoms with van der Waals surface area (Å²) in [4.78, 5) is 19.8. The maximum absolute atomic E-state index is 12.9. The molecule has 0 bridgehead atoms. The van der Waals surface area contributed by atoms with E-state index >= 15 is 0 Å². The molecule has 7 heteroatoms. The molecule has 3 rings (SSSR count). The average molecular weight is 358 g/mol. The predicted octanol–water partition coefficient (Wildman–Crippen LogP) is 4.10. The molecule has 0 aliphatic heterocycles. The highest BCUT2D eigenvalue weighted by Gasteiger charge is 2.09. The molecule has 0 saturated heterocycles. The number of hydrogen-bond acceptors (Lipinski definition) is 4. The number of nitrogens with one attached hydrogen (secondary N) is 1. The minimum atomic E-state index is -0.385. The third-order valence-electron chi connectivity index (χ3n) is 3.29. The smallest absolute Gasteiger partial charge is 0.275 e. The SMILES string of the molecule is O=C(Nc1ccc(OCc2ccc(F)cc2)c(Cl)c1)c1cnccn1. The molecule has 0 atom stereocenters. The van der Waals surface area contributed by atoms with Gasteiger partial charge in [0.25, 0.3) is 5.91 Å². The van der Waals surface area contributed by atoms with Crippen LogP contribution in [0.2, 0.25) is 5.02 Å². The molecule has 1 amide bonds. The van der Waals surface area contributed by atoms with Crippen LogP contribution in [0.5, 0.6) is 5.75 Å². The Hall–Kier alpha value is -2.99. The van der Waals surface area contributed by atoms with E-state index in [9.17, 15) is 9.18 Å². The van der Waals surface area contributed by atoms with Crippen LogP contribution >= 0.6 is 11.6 Å². The van der Waals surface area contributed by atoms with Gasteiger partial charge in [-0.1, -0.05) is 23.7 Å². The maximum atomic E-state index is 12.9. The summed E-state index contributed by atoms with van der Waals surface area (Å²) < 4.78 is 18.5. The van der Waals surface area contributed by atoms with Crippen molar-refractivity contribution in [2.75, 3.05) is 5.32 Å². The van der Waals surface area contributed by atoms with E-state index in [-0.39, 0.29) is 24.0 Å². The van der Waals surface area contributed by atoms with Gasteiger partial charge in [-0.3, -0.25) is 9.78 Å². The lowest BCUT2D eigenvalue weighted by Gasteiger charge is -2.10. The van der Waals surface area contributed by atoms with Gasteiger partial charge in [0.1, 0.15) is 23.9 Å². The Morgan fingerprint density at radius 2 is 1.96 bits per heavy atom. The quantitative estimate of drug-likeness (QED) is 0.746. The van der Waals surface area contributed by atoms with E-state index in [2.05, 4.69) is 15.3 Å². The van der Waals surface area contributed by atoms with Gasteiger partial charge in [0.05, 0.1) is 11.2 Å². The fraction of sp³-hybridized carbons (Fsp3) is 0.0556. The molecule has 3 aromatic rings. The standard InChI is InChI=1S/C18H13ClFN3O2/c19-15-9-14(23-18(24)16-10-21-7-8-22-16)5-6-17(15)25-11-12-1-3-13(20)4-2-12/h1-10H,11H2,(H,23,24). The molecule has 0 fully saturated rings. The van der Waals surface area contributed by atoms with Gasteiger partial charge in [-0.15, -0.1) is 0 Å². The minimum Gasteiger partial charge on any atom is -0.487 e. The van der Waals surface area contributed by atoms with Crippen LogP contribution in [0.3, 0.4) is 0 Å². The minimum absolute atomic E-state index is 0.204. The molecular formula is C18H13ClFN3O2. The van der Waals surface area contributed by atoms with Crippen molar-refractivity contribution in [3.63, 3.8) is 0 Å². The molecule has 1 N–H and O–H groups in total. The molecular weight excluding hydrogens is 345 g/mol. The van der Waals surface area contributed by atoms with Gasteiger partial charge in [0, 0.05) is 18.1 Å². The van der Waals surface area contributed by atoms with Crippen LogP contribution in [0, 0.1) is 5.82 Å². The molecule has 0 aliphatic rings. The van der Waals surface area contributed by atoms with Crippen molar-refractivity contribution in [2.24, 2.45) is 0 Å². The first-order valence-electron chi connectivity index (χ1n) is 7.36. The summed E-state index contributed by atoms with van der Waals surface area (Å²) in [6.07, 6.45) is 4.30. The van der Waals surface area contributed by atoms with Gasteiger partial charge in [0.15, 0.2) is 0 Å². The Morgan fingerprint density at radius 3 is 2.64 bits per heavy atom. The zero-order chi connectivity index (χ0) is 17.6. The van der Waals surface area contributed by atoms with Crippen molar-refractivity contribution in [1.82, 2.24) is 9.97 Å². The van der Waals surface area contributed by atoms with E-state index < -0.39 is 0 Å². The number of amides is 1. The summed E-state index contributed by atoms with van der Waals surface area (Å²) in [6.45, 7) is 0.255. The largest absolute Gasteiger partial charge is 0.487 e. The lowest BCUT2D eigenvalue weighted by Crippen LogP contribution is -2.13. The van der Waals surface area contributed by atoms with E-state index in [1.165, 1.54) is 30.7 Å². The topological polar surface area (TPSA) is 64.1 Å². The van der Waals surface area contributed by atoms with Crippen molar-refractivity contribution in [2.45, 2.75) is 6.61 Å². The highest BCUT2D eigenvalue weighted by Crippen LogP contribution is 2.28. The average Bonchev–Trinajstić information content (AvgIpc) is 2.63. The van der Waals surface area contributed by atoms with Crippen molar-refractivity contribution in [3.8, 4) is 5.75 Å². The number of anilines is 1. The highest BCUT2D eigenvalue weighted by molar-refractivity contribution is 6.32. The summed E-state index contributed by atoms with van der Waals surface area (Å²) in [5.41, 5.74) is 1.53. The van der Waals surface area contributed by atoms with Crippen LogP contribution in [0.1, 0.15) is 16.1 Å². The second kappa shape index (κ2) is 7.72. The van der Waals surface area contributed by atoms with Crippen molar-refractivity contribution >= 4 is 23.2 Å². The summed E-state index contributed by atoms with van der Waals surface area (Å²) in [7, 11) is 0. The Labute approximate surface area is 148 Å². The van der Waals surface area contributed by atoms with Crippen molar-refractivity contribution in [1.29, 1.82) is 0 Å². The zero-order valence-corrected chi connectivity index (χ0v) is 13.7. The van der Waals surface area contributed by atoms with E-state index in [0.717, 1.165) is 5.56 Å². The zero-order valence-electron chi connectivity index (χ0n) is 12.9. The number of benzene rings is 2. The Morgan fingerprint density at radius 1 is 1.16 bits per heavy atom. The Kier molecular flexibility index (Phi) is 5.20. The number of carbonyl (C=O) groups excluding carboxylic acids is 1. The Balaban J connectivity index is 1.64. The summed E-state index contributed by atoms with van der Waals surface area (Å²) >= 11 is 6.19. The maximum Gasteiger partial charge on any atom is 0.275 e. The first-order chi connectivity index (χ1) is 12.1. The number of nitrogens with zero attached hydrogens (tertiary/aromatic N) is 2. The second-order valence-corrected chi connectivity index (χ2v) is 5.51. The fourth-order valence-electron chi connectivity index (χ4n) is 2.05. The molecule has 25 heavy (non-hydrogen) atoms.